The zero-order chi connectivity index (χ0) is 14.3. The van der Waals surface area contributed by atoms with Crippen molar-refractivity contribution in [2.75, 3.05) is 13.2 Å². The van der Waals surface area contributed by atoms with Crippen LogP contribution >= 0.6 is 0 Å². The Bertz CT molecular complexity index is 204. The van der Waals surface area contributed by atoms with Crippen LogP contribution in [0.5, 0.6) is 0 Å². The molecule has 0 aliphatic rings. The van der Waals surface area contributed by atoms with Crippen LogP contribution in [-0.4, -0.2) is 24.3 Å². The molecule has 0 aliphatic carbocycles. The third-order valence-electron chi connectivity index (χ3n) is 3.58. The number of hydrogen-bond acceptors (Lipinski definition) is 2. The summed E-state index contributed by atoms with van der Waals surface area (Å²) in [6.45, 7) is 6.25. The molecule has 0 aliphatic heterocycles. The van der Waals surface area contributed by atoms with Gasteiger partial charge >= 0.3 is 5.97 Å². The van der Waals surface area contributed by atoms with Gasteiger partial charge in [0.1, 0.15) is 0 Å². The van der Waals surface area contributed by atoms with E-state index in [1.165, 1.54) is 25.7 Å². The monoisotopic (exact) mass is 272 g/mol. The standard InChI is InChI=1S/C16H32O3/c1-3-5-11-15(4-2)14-19-13-10-8-6-7-9-12-16(17)18/h15H,3-14H2,1-2H3,(H,17,18). The van der Waals surface area contributed by atoms with E-state index in [4.69, 9.17) is 9.84 Å². The summed E-state index contributed by atoms with van der Waals surface area (Å²) in [5, 5.41) is 8.50. The molecule has 19 heavy (non-hydrogen) atoms. The van der Waals surface area contributed by atoms with Crippen LogP contribution in [0.1, 0.15) is 78.1 Å². The molecule has 0 spiro atoms. The van der Waals surface area contributed by atoms with Crippen molar-refractivity contribution in [2.24, 2.45) is 5.92 Å². The van der Waals surface area contributed by atoms with Crippen molar-refractivity contribution in [3.63, 3.8) is 0 Å². The minimum Gasteiger partial charge on any atom is -0.481 e. The van der Waals surface area contributed by atoms with Crippen LogP contribution in [0.2, 0.25) is 0 Å². The number of rotatable bonds is 14. The van der Waals surface area contributed by atoms with Gasteiger partial charge in [-0.3, -0.25) is 4.79 Å². The lowest BCUT2D eigenvalue weighted by Crippen LogP contribution is -2.09. The molecule has 3 heteroatoms. The van der Waals surface area contributed by atoms with Gasteiger partial charge in [0.2, 0.25) is 0 Å². The maximum absolute atomic E-state index is 10.3. The van der Waals surface area contributed by atoms with E-state index < -0.39 is 5.97 Å². The van der Waals surface area contributed by atoms with Crippen LogP contribution in [0.3, 0.4) is 0 Å². The molecular weight excluding hydrogens is 240 g/mol. The lowest BCUT2D eigenvalue weighted by Gasteiger charge is -2.14. The van der Waals surface area contributed by atoms with Gasteiger partial charge in [-0.2, -0.15) is 0 Å². The summed E-state index contributed by atoms with van der Waals surface area (Å²) in [7, 11) is 0. The zero-order valence-electron chi connectivity index (χ0n) is 12.8. The van der Waals surface area contributed by atoms with Crippen molar-refractivity contribution >= 4 is 5.97 Å². The van der Waals surface area contributed by atoms with E-state index in [1.807, 2.05) is 0 Å². The molecule has 3 nitrogen and oxygen atoms in total. The first-order chi connectivity index (χ1) is 9.20. The van der Waals surface area contributed by atoms with Crippen LogP contribution in [0.25, 0.3) is 0 Å². The quantitative estimate of drug-likeness (QED) is 0.468. The maximum Gasteiger partial charge on any atom is 0.303 e. The minimum atomic E-state index is -0.680. The molecule has 0 amide bonds. The Balaban J connectivity index is 3.22. The van der Waals surface area contributed by atoms with E-state index in [9.17, 15) is 4.79 Å². The average molecular weight is 272 g/mol. The summed E-state index contributed by atoms with van der Waals surface area (Å²) < 4.78 is 5.73. The van der Waals surface area contributed by atoms with E-state index in [2.05, 4.69) is 13.8 Å². The Kier molecular flexibility index (Phi) is 13.4. The fraction of sp³-hybridized carbons (Fsp3) is 0.938. The van der Waals surface area contributed by atoms with Crippen molar-refractivity contribution in [3.05, 3.63) is 0 Å². The van der Waals surface area contributed by atoms with E-state index in [0.29, 0.717) is 6.42 Å². The average Bonchev–Trinajstić information content (AvgIpc) is 2.40. The third kappa shape index (κ3) is 13.7. The van der Waals surface area contributed by atoms with E-state index >= 15 is 0 Å². The first-order valence-corrected chi connectivity index (χ1v) is 8.00. The molecular formula is C16H32O3. The molecule has 0 bridgehead atoms. The van der Waals surface area contributed by atoms with Crippen molar-refractivity contribution in [3.8, 4) is 0 Å². The third-order valence-corrected chi connectivity index (χ3v) is 3.58. The van der Waals surface area contributed by atoms with Gasteiger partial charge in [0, 0.05) is 19.6 Å². The molecule has 0 aromatic heterocycles. The number of hydrogen-bond donors (Lipinski definition) is 1. The molecule has 0 saturated heterocycles. The molecule has 0 saturated carbocycles. The van der Waals surface area contributed by atoms with Crippen LogP contribution in [-0.2, 0) is 9.53 Å². The summed E-state index contributed by atoms with van der Waals surface area (Å²) in [4.78, 5) is 10.3. The lowest BCUT2D eigenvalue weighted by molar-refractivity contribution is -0.137. The highest BCUT2D eigenvalue weighted by atomic mass is 16.5. The van der Waals surface area contributed by atoms with Gasteiger partial charge in [-0.25, -0.2) is 0 Å². The Morgan fingerprint density at radius 2 is 1.74 bits per heavy atom. The molecule has 0 aromatic rings. The highest BCUT2D eigenvalue weighted by Crippen LogP contribution is 2.13. The predicted molar refractivity (Wildman–Crippen MR) is 79.5 cm³/mol. The van der Waals surface area contributed by atoms with E-state index in [1.54, 1.807) is 0 Å². The van der Waals surface area contributed by atoms with Gasteiger partial charge in [-0.1, -0.05) is 52.4 Å². The molecule has 1 atom stereocenters. The van der Waals surface area contributed by atoms with Gasteiger partial charge < -0.3 is 9.84 Å². The second kappa shape index (κ2) is 13.9. The SMILES string of the molecule is CCCCC(CC)COCCCCCCCC(=O)O. The largest absolute Gasteiger partial charge is 0.481 e. The first kappa shape index (κ1) is 18.4. The molecule has 1 unspecified atom stereocenters. The first-order valence-electron chi connectivity index (χ1n) is 8.00. The Morgan fingerprint density at radius 1 is 1.05 bits per heavy atom. The van der Waals surface area contributed by atoms with Crippen LogP contribution < -0.4 is 0 Å². The molecule has 0 rings (SSSR count). The summed E-state index contributed by atoms with van der Waals surface area (Å²) in [5.74, 6) is 0.0523. The normalized spacial score (nSPS) is 12.5. The summed E-state index contributed by atoms with van der Waals surface area (Å²) >= 11 is 0. The van der Waals surface area contributed by atoms with E-state index in [-0.39, 0.29) is 0 Å². The highest BCUT2D eigenvalue weighted by molar-refractivity contribution is 5.66. The van der Waals surface area contributed by atoms with Crippen LogP contribution in [0.15, 0.2) is 0 Å². The van der Waals surface area contributed by atoms with Crippen LogP contribution in [0, 0.1) is 5.92 Å². The molecule has 1 N–H and O–H groups in total. The van der Waals surface area contributed by atoms with Gasteiger partial charge in [0.05, 0.1) is 0 Å². The summed E-state index contributed by atoms with van der Waals surface area (Å²) in [5.41, 5.74) is 0. The van der Waals surface area contributed by atoms with Crippen molar-refractivity contribution < 1.29 is 14.6 Å². The second-order valence-electron chi connectivity index (χ2n) is 5.40. The zero-order valence-corrected chi connectivity index (χ0v) is 12.8. The summed E-state index contributed by atoms with van der Waals surface area (Å²) in [6, 6.07) is 0. The minimum absolute atomic E-state index is 0.312. The van der Waals surface area contributed by atoms with Crippen molar-refractivity contribution in [2.45, 2.75) is 78.1 Å². The Labute approximate surface area is 118 Å². The topological polar surface area (TPSA) is 46.5 Å². The number of ether oxygens (including phenoxy) is 1. The fourth-order valence-corrected chi connectivity index (χ4v) is 2.16. The molecule has 0 fully saturated rings. The van der Waals surface area contributed by atoms with E-state index in [0.717, 1.165) is 51.2 Å². The second-order valence-corrected chi connectivity index (χ2v) is 5.40. The lowest BCUT2D eigenvalue weighted by atomic mass is 10.0. The maximum atomic E-state index is 10.3. The molecule has 114 valence electrons. The smallest absolute Gasteiger partial charge is 0.303 e. The molecule has 0 heterocycles. The van der Waals surface area contributed by atoms with Crippen molar-refractivity contribution in [1.29, 1.82) is 0 Å². The Morgan fingerprint density at radius 3 is 2.37 bits per heavy atom. The van der Waals surface area contributed by atoms with Gasteiger partial charge in [0.15, 0.2) is 0 Å². The molecule has 0 aromatic carbocycles. The fourth-order valence-electron chi connectivity index (χ4n) is 2.16. The predicted octanol–water partition coefficient (Wildman–Crippen LogP) is 4.64. The number of aliphatic carboxylic acids is 1. The highest BCUT2D eigenvalue weighted by Gasteiger charge is 2.05. The van der Waals surface area contributed by atoms with Crippen molar-refractivity contribution in [1.82, 2.24) is 0 Å². The van der Waals surface area contributed by atoms with Gasteiger partial charge in [0.25, 0.3) is 0 Å². The number of unbranched alkanes of at least 4 members (excludes halogenated alkanes) is 5. The van der Waals surface area contributed by atoms with Crippen LogP contribution in [0.4, 0.5) is 0 Å². The number of carboxylic acid groups (broad SMARTS) is 1. The van der Waals surface area contributed by atoms with Gasteiger partial charge in [-0.05, 0) is 25.2 Å². The number of carboxylic acids is 1. The Hall–Kier alpha value is -0.570. The molecule has 0 radical (unpaired) electrons. The summed E-state index contributed by atoms with van der Waals surface area (Å²) in [6.07, 6.45) is 10.6. The van der Waals surface area contributed by atoms with Gasteiger partial charge in [-0.15, -0.1) is 0 Å². The number of carbonyl (C=O) groups is 1.